The van der Waals surface area contributed by atoms with Crippen LogP contribution in [-0.4, -0.2) is 19.2 Å². The van der Waals surface area contributed by atoms with Crippen molar-refractivity contribution in [2.24, 2.45) is 4.99 Å². The monoisotopic (exact) mass is 454 g/mol. The Morgan fingerprint density at radius 2 is 1.61 bits per heavy atom. The molecule has 5 nitrogen and oxygen atoms in total. The second kappa shape index (κ2) is 8.97. The van der Waals surface area contributed by atoms with Gasteiger partial charge in [-0.1, -0.05) is 94.9 Å². The van der Waals surface area contributed by atoms with Crippen LogP contribution in [0, 0.1) is 0 Å². The maximum atomic E-state index is 12.5. The first kappa shape index (κ1) is 20.7. The molecule has 1 aromatic heterocycles. The summed E-state index contributed by atoms with van der Waals surface area (Å²) < 4.78 is -0.927. The molecule has 144 valence electrons. The number of hydrogen-bond donors (Lipinski definition) is 1. The molecule has 2 aromatic carbocycles. The summed E-state index contributed by atoms with van der Waals surface area (Å²) in [5.74, 6) is 0.201. The molecule has 0 aliphatic rings. The van der Waals surface area contributed by atoms with Gasteiger partial charge in [-0.05, 0) is 23.8 Å². The fourth-order valence-electron chi connectivity index (χ4n) is 2.37. The second-order valence-electron chi connectivity index (χ2n) is 5.65. The van der Waals surface area contributed by atoms with Crippen molar-refractivity contribution in [2.75, 3.05) is 5.32 Å². The molecule has 1 unspecified atom stereocenters. The molecule has 3 rings (SSSR count). The second-order valence-corrected chi connectivity index (χ2v) is 8.35. The van der Waals surface area contributed by atoms with E-state index in [9.17, 15) is 4.79 Å². The molecule has 1 N–H and O–H groups in total. The third kappa shape index (κ3) is 5.26. The van der Waals surface area contributed by atoms with E-state index in [1.165, 1.54) is 6.20 Å². The Balaban J connectivity index is 1.95. The number of alkyl halides is 4. The number of para-hydroxylation sites is 1. The topological polar surface area (TPSA) is 59.3 Å². The summed E-state index contributed by atoms with van der Waals surface area (Å²) in [7, 11) is 0. The Labute approximate surface area is 181 Å². The van der Waals surface area contributed by atoms with Crippen molar-refractivity contribution in [3.63, 3.8) is 0 Å². The minimum Gasteiger partial charge on any atom is -0.340 e. The Kier molecular flexibility index (Phi) is 6.62. The van der Waals surface area contributed by atoms with Crippen LogP contribution in [0.25, 0.3) is 0 Å². The Bertz CT molecular complexity index is 1020. The van der Waals surface area contributed by atoms with Gasteiger partial charge in [0.2, 0.25) is 3.79 Å². The van der Waals surface area contributed by atoms with Gasteiger partial charge in [0, 0.05) is 11.9 Å². The summed E-state index contributed by atoms with van der Waals surface area (Å²) in [6.45, 7) is 0. The van der Waals surface area contributed by atoms with Crippen LogP contribution >= 0.6 is 46.4 Å². The largest absolute Gasteiger partial charge is 0.355 e. The van der Waals surface area contributed by atoms with Crippen LogP contribution < -0.4 is 11.0 Å². The quantitative estimate of drug-likeness (QED) is 0.243. The molecule has 0 fully saturated rings. The lowest BCUT2D eigenvalue weighted by molar-refractivity contribution is 0.908. The van der Waals surface area contributed by atoms with E-state index in [1.54, 1.807) is 18.2 Å². The van der Waals surface area contributed by atoms with E-state index in [2.05, 4.69) is 15.3 Å². The molecule has 0 saturated carbocycles. The number of benzene rings is 2. The summed E-state index contributed by atoms with van der Waals surface area (Å²) in [6.07, 6.45) is 1.43. The van der Waals surface area contributed by atoms with Crippen LogP contribution in [0.2, 0.25) is 0 Å². The zero-order valence-corrected chi connectivity index (χ0v) is 17.3. The number of hydrogen-bond acceptors (Lipinski definition) is 4. The van der Waals surface area contributed by atoms with Crippen LogP contribution in [0.5, 0.6) is 0 Å². The molecular formula is C19H14Cl4N4O. The number of nitrogens with one attached hydrogen (secondary N) is 1. The molecule has 1 atom stereocenters. The molecule has 0 amide bonds. The molecule has 0 aliphatic heterocycles. The lowest BCUT2D eigenvalue weighted by Crippen LogP contribution is -2.37. The molecule has 0 saturated heterocycles. The minimum absolute atomic E-state index is 0.148. The number of aromatic nitrogens is 2. The zero-order valence-electron chi connectivity index (χ0n) is 14.3. The Hall–Kier alpha value is -2.05. The fourth-order valence-corrected chi connectivity index (χ4v) is 3.03. The standard InChI is InChI=1S/C19H14Cl4N4O/c20-16(13-7-3-1-4-8-13)26-17(19(21,22)23)27-12-11-15(25-18(27)28)24-14-9-5-2-6-10-14/h1-12,16H,(H,24,25,28). The fraction of sp³-hybridized carbons (Fsp3) is 0.105. The maximum Gasteiger partial charge on any atom is 0.355 e. The molecular weight excluding hydrogens is 442 g/mol. The molecule has 9 heteroatoms. The molecule has 1 heterocycles. The summed E-state index contributed by atoms with van der Waals surface area (Å²) in [5.41, 5.74) is -0.0320. The smallest absolute Gasteiger partial charge is 0.340 e. The first-order valence-corrected chi connectivity index (χ1v) is 9.68. The molecule has 0 radical (unpaired) electrons. The van der Waals surface area contributed by atoms with Crippen LogP contribution in [0.3, 0.4) is 0 Å². The highest BCUT2D eigenvalue weighted by molar-refractivity contribution is 6.76. The lowest BCUT2D eigenvalue weighted by atomic mass is 10.2. The number of halogens is 4. The Morgan fingerprint density at radius 1 is 1.00 bits per heavy atom. The van der Waals surface area contributed by atoms with Gasteiger partial charge in [0.15, 0.2) is 11.3 Å². The van der Waals surface area contributed by atoms with Gasteiger partial charge >= 0.3 is 5.69 Å². The van der Waals surface area contributed by atoms with Gasteiger partial charge in [-0.25, -0.2) is 9.79 Å². The first-order valence-electron chi connectivity index (χ1n) is 8.11. The zero-order chi connectivity index (χ0) is 20.1. The summed E-state index contributed by atoms with van der Waals surface area (Å²) in [6, 6.07) is 19.9. The van der Waals surface area contributed by atoms with E-state index in [-0.39, 0.29) is 5.84 Å². The van der Waals surface area contributed by atoms with E-state index in [0.717, 1.165) is 10.3 Å². The molecule has 28 heavy (non-hydrogen) atoms. The van der Waals surface area contributed by atoms with Crippen molar-refractivity contribution in [1.29, 1.82) is 0 Å². The first-order chi connectivity index (χ1) is 13.3. The van der Waals surface area contributed by atoms with Gasteiger partial charge in [0.25, 0.3) is 0 Å². The number of anilines is 2. The highest BCUT2D eigenvalue weighted by Crippen LogP contribution is 2.32. The summed E-state index contributed by atoms with van der Waals surface area (Å²) >= 11 is 24.5. The number of aliphatic imine (C=N–C) groups is 1. The predicted molar refractivity (Wildman–Crippen MR) is 116 cm³/mol. The van der Waals surface area contributed by atoms with E-state index < -0.39 is 15.0 Å². The van der Waals surface area contributed by atoms with Crippen LogP contribution in [-0.2, 0) is 0 Å². The predicted octanol–water partition coefficient (Wildman–Crippen LogP) is 5.54. The van der Waals surface area contributed by atoms with Crippen LogP contribution in [0.4, 0.5) is 11.5 Å². The SMILES string of the molecule is O=c1nc(Nc2ccccc2)ccn1C(=NC(Cl)c1ccccc1)C(Cl)(Cl)Cl. The third-order valence-electron chi connectivity index (χ3n) is 3.64. The highest BCUT2D eigenvalue weighted by Gasteiger charge is 2.31. The Morgan fingerprint density at radius 3 is 2.18 bits per heavy atom. The van der Waals surface area contributed by atoms with Crippen molar-refractivity contribution >= 4 is 63.7 Å². The normalized spacial score (nSPS) is 13.2. The van der Waals surface area contributed by atoms with Gasteiger partial charge in [-0.3, -0.25) is 4.57 Å². The van der Waals surface area contributed by atoms with E-state index >= 15 is 0 Å². The van der Waals surface area contributed by atoms with Crippen molar-refractivity contribution in [3.05, 3.63) is 89.0 Å². The van der Waals surface area contributed by atoms with Crippen LogP contribution in [0.1, 0.15) is 11.1 Å². The molecule has 3 aromatic rings. The summed E-state index contributed by atoms with van der Waals surface area (Å²) in [5, 5.41) is 3.03. The van der Waals surface area contributed by atoms with E-state index in [1.807, 2.05) is 48.5 Å². The van der Waals surface area contributed by atoms with Gasteiger partial charge in [0.1, 0.15) is 5.82 Å². The average Bonchev–Trinajstić information content (AvgIpc) is 2.67. The average molecular weight is 456 g/mol. The van der Waals surface area contributed by atoms with E-state index in [0.29, 0.717) is 11.4 Å². The van der Waals surface area contributed by atoms with E-state index in [4.69, 9.17) is 46.4 Å². The number of rotatable bonds is 4. The summed E-state index contributed by atoms with van der Waals surface area (Å²) in [4.78, 5) is 20.8. The van der Waals surface area contributed by atoms with Gasteiger partial charge in [-0.2, -0.15) is 4.98 Å². The molecule has 0 spiro atoms. The third-order valence-corrected chi connectivity index (χ3v) is 4.50. The highest BCUT2D eigenvalue weighted by atomic mass is 35.6. The van der Waals surface area contributed by atoms with Crippen molar-refractivity contribution in [3.8, 4) is 0 Å². The van der Waals surface area contributed by atoms with Gasteiger partial charge < -0.3 is 5.32 Å². The van der Waals surface area contributed by atoms with Crippen molar-refractivity contribution in [1.82, 2.24) is 9.55 Å². The maximum absolute atomic E-state index is 12.5. The minimum atomic E-state index is -1.98. The molecule has 0 aliphatic carbocycles. The van der Waals surface area contributed by atoms with Crippen LogP contribution in [0.15, 0.2) is 82.7 Å². The number of nitrogens with zero attached hydrogens (tertiary/aromatic N) is 3. The van der Waals surface area contributed by atoms with Crippen molar-refractivity contribution in [2.45, 2.75) is 9.29 Å². The lowest BCUT2D eigenvalue weighted by Gasteiger charge is -2.18. The molecule has 0 bridgehead atoms. The van der Waals surface area contributed by atoms with Crippen molar-refractivity contribution < 1.29 is 0 Å². The van der Waals surface area contributed by atoms with Gasteiger partial charge in [0.05, 0.1) is 0 Å². The van der Waals surface area contributed by atoms with Gasteiger partial charge in [-0.15, -0.1) is 0 Å².